The molecule has 3 aromatic rings. The van der Waals surface area contributed by atoms with Gasteiger partial charge in [-0.05, 0) is 36.8 Å². The number of anilines is 2. The minimum Gasteiger partial charge on any atom is -0.351 e. The Labute approximate surface area is 242 Å². The molecule has 1 aliphatic heterocycles. The summed E-state index contributed by atoms with van der Waals surface area (Å²) in [5.41, 5.74) is -0.457. The first kappa shape index (κ1) is 29.0. The van der Waals surface area contributed by atoms with E-state index in [4.69, 9.17) is 11.6 Å². The quantitative estimate of drug-likeness (QED) is 0.382. The summed E-state index contributed by atoms with van der Waals surface area (Å²) in [5.74, 6) is -7.45. The smallest absolute Gasteiger partial charge is 0.252 e. The lowest BCUT2D eigenvalue weighted by molar-refractivity contribution is -0.133. The Kier molecular flexibility index (Phi) is 7.88. The molecule has 2 aliphatic rings. The third kappa shape index (κ3) is 5.65. The second-order valence-corrected chi connectivity index (χ2v) is 10.4. The molecule has 0 radical (unpaired) electrons. The van der Waals surface area contributed by atoms with E-state index in [0.29, 0.717) is 4.90 Å². The Morgan fingerprint density at radius 3 is 2.57 bits per heavy atom. The van der Waals surface area contributed by atoms with Crippen LogP contribution in [0.4, 0.5) is 29.1 Å². The first-order valence-electron chi connectivity index (χ1n) is 12.9. The van der Waals surface area contributed by atoms with Crippen molar-refractivity contribution in [1.29, 1.82) is 5.26 Å². The topological polar surface area (TPSA) is 106 Å². The van der Waals surface area contributed by atoms with Crippen LogP contribution in [0.1, 0.15) is 42.9 Å². The van der Waals surface area contributed by atoms with Crippen molar-refractivity contribution in [3.63, 3.8) is 0 Å². The fourth-order valence-electron chi connectivity index (χ4n) is 5.18. The molecular formula is C29H22ClF4N5O3. The summed E-state index contributed by atoms with van der Waals surface area (Å²) in [6, 6.07) is 8.79. The van der Waals surface area contributed by atoms with Gasteiger partial charge in [-0.15, -0.1) is 0 Å². The number of nitriles is 1. The molecular weight excluding hydrogens is 578 g/mol. The SMILES string of the molecule is N#Cc1ccnc(N2C(=O)CC[C@H]2C(=O)N(c2cc(F)ccc2F)C(C(=O)NC2CC(F)(F)C2)c2ccccc2Cl)c1. The second-order valence-electron chi connectivity index (χ2n) is 10.0. The third-order valence-electron chi connectivity index (χ3n) is 7.17. The zero-order valence-electron chi connectivity index (χ0n) is 21.7. The number of amides is 3. The van der Waals surface area contributed by atoms with Crippen LogP contribution in [-0.2, 0) is 14.4 Å². The minimum absolute atomic E-state index is 0.00561. The number of pyridine rings is 1. The van der Waals surface area contributed by atoms with Crippen LogP contribution >= 0.6 is 11.6 Å². The highest BCUT2D eigenvalue weighted by Crippen LogP contribution is 2.40. The number of alkyl halides is 2. The highest BCUT2D eigenvalue weighted by Gasteiger charge is 2.49. The first-order valence-corrected chi connectivity index (χ1v) is 13.3. The van der Waals surface area contributed by atoms with Crippen LogP contribution in [0.5, 0.6) is 0 Å². The van der Waals surface area contributed by atoms with E-state index >= 15 is 4.39 Å². The van der Waals surface area contributed by atoms with Crippen LogP contribution in [0, 0.1) is 23.0 Å². The number of aromatic nitrogens is 1. The van der Waals surface area contributed by atoms with Crippen LogP contribution in [0.15, 0.2) is 60.8 Å². The standard InChI is InChI=1S/C29H22ClF4N5O3/c30-20-4-2-1-3-19(20)26(27(41)37-18-13-29(33,34)14-18)39(23-12-17(31)5-6-21(23)32)28(42)22-7-8-25(40)38(22)24-11-16(15-35)9-10-36-24/h1-6,9-12,18,22,26H,7-8,13-14H2,(H,37,41)/t22-,26?/m0/s1. The normalized spacial score (nSPS) is 18.6. The van der Waals surface area contributed by atoms with E-state index in [1.54, 1.807) is 6.07 Å². The molecule has 2 atom stereocenters. The number of hydrogen-bond acceptors (Lipinski definition) is 5. The third-order valence-corrected chi connectivity index (χ3v) is 7.51. The average molecular weight is 600 g/mol. The van der Waals surface area contributed by atoms with E-state index in [1.807, 2.05) is 6.07 Å². The van der Waals surface area contributed by atoms with Crippen molar-refractivity contribution in [3.05, 3.63) is 88.6 Å². The van der Waals surface area contributed by atoms with Crippen LogP contribution in [0.3, 0.4) is 0 Å². The van der Waals surface area contributed by atoms with E-state index in [0.717, 1.165) is 23.1 Å². The largest absolute Gasteiger partial charge is 0.351 e. The van der Waals surface area contributed by atoms with E-state index in [2.05, 4.69) is 10.3 Å². The lowest BCUT2D eigenvalue weighted by atomic mass is 9.87. The molecule has 5 rings (SSSR count). The van der Waals surface area contributed by atoms with E-state index in [1.165, 1.54) is 36.5 Å². The van der Waals surface area contributed by atoms with Crippen molar-refractivity contribution < 1.29 is 31.9 Å². The average Bonchev–Trinajstić information content (AvgIpc) is 3.33. The molecule has 3 amide bonds. The van der Waals surface area contributed by atoms with Crippen molar-refractivity contribution in [2.45, 2.75) is 49.7 Å². The maximum absolute atomic E-state index is 15.4. The van der Waals surface area contributed by atoms with Crippen molar-refractivity contribution in [2.24, 2.45) is 0 Å². The van der Waals surface area contributed by atoms with E-state index in [-0.39, 0.29) is 34.8 Å². The monoisotopic (exact) mass is 599 g/mol. The summed E-state index contributed by atoms with van der Waals surface area (Å²) in [6.07, 6.45) is -0.187. The summed E-state index contributed by atoms with van der Waals surface area (Å²) in [5, 5.41) is 11.8. The molecule has 0 bridgehead atoms. The molecule has 1 unspecified atom stereocenters. The highest BCUT2D eigenvalue weighted by molar-refractivity contribution is 6.31. The number of hydrogen-bond donors (Lipinski definition) is 1. The van der Waals surface area contributed by atoms with Crippen LogP contribution in [0.25, 0.3) is 0 Å². The van der Waals surface area contributed by atoms with Crippen LogP contribution in [-0.4, -0.2) is 40.7 Å². The van der Waals surface area contributed by atoms with Crippen molar-refractivity contribution >= 4 is 40.8 Å². The lowest BCUT2D eigenvalue weighted by Gasteiger charge is -2.39. The zero-order valence-corrected chi connectivity index (χ0v) is 22.5. The van der Waals surface area contributed by atoms with Gasteiger partial charge in [0, 0.05) is 48.2 Å². The molecule has 13 heteroatoms. The number of rotatable bonds is 7. The molecule has 1 saturated heterocycles. The summed E-state index contributed by atoms with van der Waals surface area (Å²) < 4.78 is 57.1. The molecule has 42 heavy (non-hydrogen) atoms. The Bertz CT molecular complexity index is 1610. The van der Waals surface area contributed by atoms with E-state index in [9.17, 15) is 32.8 Å². The van der Waals surface area contributed by atoms with Gasteiger partial charge in [0.25, 0.3) is 11.8 Å². The number of nitrogens with one attached hydrogen (secondary N) is 1. The number of carbonyl (C=O) groups excluding carboxylic acids is 3. The van der Waals surface area contributed by atoms with Crippen molar-refractivity contribution in [3.8, 4) is 6.07 Å². The van der Waals surface area contributed by atoms with Crippen molar-refractivity contribution in [2.75, 3.05) is 9.80 Å². The predicted molar refractivity (Wildman–Crippen MR) is 144 cm³/mol. The van der Waals surface area contributed by atoms with Crippen molar-refractivity contribution in [1.82, 2.24) is 10.3 Å². The van der Waals surface area contributed by atoms with Gasteiger partial charge >= 0.3 is 0 Å². The van der Waals surface area contributed by atoms with Gasteiger partial charge in [0.2, 0.25) is 11.8 Å². The molecule has 2 heterocycles. The molecule has 2 fully saturated rings. The molecule has 1 saturated carbocycles. The van der Waals surface area contributed by atoms with E-state index < -0.39 is 71.9 Å². The summed E-state index contributed by atoms with van der Waals surface area (Å²) in [6.45, 7) is 0. The summed E-state index contributed by atoms with van der Waals surface area (Å²) >= 11 is 6.43. The molecule has 1 aliphatic carbocycles. The molecule has 1 N–H and O–H groups in total. The Morgan fingerprint density at radius 2 is 1.88 bits per heavy atom. The Morgan fingerprint density at radius 1 is 1.14 bits per heavy atom. The minimum atomic E-state index is -2.97. The Balaban J connectivity index is 1.64. The molecule has 0 spiro atoms. The first-order chi connectivity index (χ1) is 20.0. The number of nitrogens with zero attached hydrogens (tertiary/aromatic N) is 4. The van der Waals surface area contributed by atoms with Gasteiger partial charge in [0.15, 0.2) is 0 Å². The zero-order chi connectivity index (χ0) is 30.2. The lowest BCUT2D eigenvalue weighted by Crippen LogP contribution is -2.56. The van der Waals surface area contributed by atoms with Gasteiger partial charge in [0.05, 0.1) is 17.3 Å². The number of benzene rings is 2. The van der Waals surface area contributed by atoms with Gasteiger partial charge in [-0.3, -0.25) is 24.2 Å². The Hall–Kier alpha value is -4.50. The fourth-order valence-corrected chi connectivity index (χ4v) is 5.42. The molecule has 8 nitrogen and oxygen atoms in total. The summed E-state index contributed by atoms with van der Waals surface area (Å²) in [4.78, 5) is 47.0. The van der Waals surface area contributed by atoms with Crippen LogP contribution in [0.2, 0.25) is 5.02 Å². The number of halogens is 5. The van der Waals surface area contributed by atoms with Gasteiger partial charge < -0.3 is 5.32 Å². The van der Waals surface area contributed by atoms with Crippen LogP contribution < -0.4 is 15.1 Å². The number of carbonyl (C=O) groups is 3. The molecule has 2 aromatic carbocycles. The van der Waals surface area contributed by atoms with Gasteiger partial charge in [-0.2, -0.15) is 5.26 Å². The molecule has 1 aromatic heterocycles. The van der Waals surface area contributed by atoms with Gasteiger partial charge in [0.1, 0.15) is 29.5 Å². The summed E-state index contributed by atoms with van der Waals surface area (Å²) in [7, 11) is 0. The second kappa shape index (κ2) is 11.4. The fraction of sp³-hybridized carbons (Fsp3) is 0.276. The van der Waals surface area contributed by atoms with Gasteiger partial charge in [-0.1, -0.05) is 29.8 Å². The maximum Gasteiger partial charge on any atom is 0.252 e. The predicted octanol–water partition coefficient (Wildman–Crippen LogP) is 5.07. The maximum atomic E-state index is 15.4. The molecule has 216 valence electrons. The highest BCUT2D eigenvalue weighted by atomic mass is 35.5. The van der Waals surface area contributed by atoms with Gasteiger partial charge in [-0.25, -0.2) is 22.5 Å².